The molecule has 0 amide bonds. The molecule has 0 aromatic carbocycles. The third-order valence-electron chi connectivity index (χ3n) is 3.58. The van der Waals surface area contributed by atoms with Crippen LogP contribution in [0.2, 0.25) is 0 Å². The first-order chi connectivity index (χ1) is 5.81. The Hall–Kier alpha value is -0.0400. The smallest absolute Gasteiger partial charge is 0.0182 e. The monoisotopic (exact) mass is 167 g/mol. The molecular weight excluding hydrogens is 146 g/mol. The van der Waals surface area contributed by atoms with Gasteiger partial charge in [-0.3, -0.25) is 0 Å². The highest BCUT2D eigenvalue weighted by molar-refractivity contribution is 5.01. The molecular formula is C11H21N. The van der Waals surface area contributed by atoms with Crippen molar-refractivity contribution >= 4 is 0 Å². The second kappa shape index (κ2) is 3.37. The van der Waals surface area contributed by atoms with Crippen LogP contribution in [0.3, 0.4) is 0 Å². The molecule has 1 N–H and O–H groups in total. The van der Waals surface area contributed by atoms with E-state index in [0.717, 1.165) is 5.92 Å². The number of rotatable bonds is 0. The Morgan fingerprint density at radius 2 is 1.83 bits per heavy atom. The van der Waals surface area contributed by atoms with E-state index >= 15 is 0 Å². The van der Waals surface area contributed by atoms with Crippen LogP contribution in [0.25, 0.3) is 0 Å². The van der Waals surface area contributed by atoms with E-state index < -0.39 is 0 Å². The van der Waals surface area contributed by atoms with Crippen molar-refractivity contribution in [2.24, 2.45) is 5.92 Å². The first-order valence-corrected chi connectivity index (χ1v) is 5.56. The van der Waals surface area contributed by atoms with Crippen LogP contribution in [0.5, 0.6) is 0 Å². The molecule has 2 rings (SSSR count). The van der Waals surface area contributed by atoms with Gasteiger partial charge in [-0.25, -0.2) is 0 Å². The molecule has 1 atom stereocenters. The standard InChI is InChI=1S/C11H21N/c1-10-4-2-6-11(7-8-11)12-9-3-5-10/h10,12H,2-9H2,1H3. The minimum Gasteiger partial charge on any atom is -0.311 e. The highest BCUT2D eigenvalue weighted by atomic mass is 15.0. The summed E-state index contributed by atoms with van der Waals surface area (Å²) in [5.41, 5.74) is 0.629. The van der Waals surface area contributed by atoms with E-state index in [-0.39, 0.29) is 0 Å². The molecule has 1 saturated heterocycles. The highest BCUT2D eigenvalue weighted by Gasteiger charge is 2.41. The first kappa shape index (κ1) is 8.55. The molecule has 0 aromatic heterocycles. The molecule has 1 heteroatoms. The summed E-state index contributed by atoms with van der Waals surface area (Å²) in [4.78, 5) is 0. The van der Waals surface area contributed by atoms with Gasteiger partial charge >= 0.3 is 0 Å². The van der Waals surface area contributed by atoms with Crippen LogP contribution < -0.4 is 5.32 Å². The molecule has 0 bridgehead atoms. The zero-order chi connectivity index (χ0) is 8.44. The largest absolute Gasteiger partial charge is 0.311 e. The predicted molar refractivity (Wildman–Crippen MR) is 52.2 cm³/mol. The fourth-order valence-corrected chi connectivity index (χ4v) is 2.40. The van der Waals surface area contributed by atoms with Gasteiger partial charge in [0.2, 0.25) is 0 Å². The Kier molecular flexibility index (Phi) is 2.40. The summed E-state index contributed by atoms with van der Waals surface area (Å²) >= 11 is 0. The van der Waals surface area contributed by atoms with Crippen molar-refractivity contribution in [3.63, 3.8) is 0 Å². The van der Waals surface area contributed by atoms with Crippen LogP contribution in [-0.4, -0.2) is 12.1 Å². The van der Waals surface area contributed by atoms with E-state index in [0.29, 0.717) is 5.54 Å². The van der Waals surface area contributed by atoms with Crippen LogP contribution in [0.1, 0.15) is 51.9 Å². The molecule has 1 saturated carbocycles. The van der Waals surface area contributed by atoms with Crippen molar-refractivity contribution in [2.45, 2.75) is 57.4 Å². The molecule has 0 radical (unpaired) electrons. The quantitative estimate of drug-likeness (QED) is 0.585. The van der Waals surface area contributed by atoms with Gasteiger partial charge in [-0.05, 0) is 44.6 Å². The zero-order valence-corrected chi connectivity index (χ0v) is 8.23. The maximum Gasteiger partial charge on any atom is 0.0182 e. The topological polar surface area (TPSA) is 12.0 Å². The Bertz CT molecular complexity index is 149. The summed E-state index contributed by atoms with van der Waals surface area (Å²) in [5.74, 6) is 0.973. The lowest BCUT2D eigenvalue weighted by molar-refractivity contribution is 0.447. The van der Waals surface area contributed by atoms with E-state index in [2.05, 4.69) is 12.2 Å². The van der Waals surface area contributed by atoms with Crippen molar-refractivity contribution in [1.29, 1.82) is 0 Å². The fourth-order valence-electron chi connectivity index (χ4n) is 2.40. The molecule has 70 valence electrons. The van der Waals surface area contributed by atoms with Gasteiger partial charge in [0.05, 0.1) is 0 Å². The summed E-state index contributed by atoms with van der Waals surface area (Å²) in [6.07, 6.45) is 10.1. The zero-order valence-electron chi connectivity index (χ0n) is 8.23. The maximum atomic E-state index is 3.73. The van der Waals surface area contributed by atoms with Gasteiger partial charge in [-0.15, -0.1) is 0 Å². The van der Waals surface area contributed by atoms with Gasteiger partial charge in [-0.1, -0.05) is 19.8 Å². The second-order valence-corrected chi connectivity index (χ2v) is 4.85. The molecule has 1 nitrogen and oxygen atoms in total. The molecule has 0 aromatic rings. The van der Waals surface area contributed by atoms with Crippen molar-refractivity contribution < 1.29 is 0 Å². The predicted octanol–water partition coefficient (Wildman–Crippen LogP) is 2.71. The van der Waals surface area contributed by atoms with E-state index in [1.807, 2.05) is 0 Å². The molecule has 1 heterocycles. The minimum atomic E-state index is 0.629. The molecule has 1 spiro atoms. The maximum absolute atomic E-state index is 3.73. The third-order valence-corrected chi connectivity index (χ3v) is 3.58. The number of hydrogen-bond acceptors (Lipinski definition) is 1. The molecule has 1 aliphatic heterocycles. The SMILES string of the molecule is CC1CCCNC2(CCC1)CC2. The Morgan fingerprint density at radius 1 is 1.08 bits per heavy atom. The average Bonchev–Trinajstić information content (AvgIpc) is 2.76. The lowest BCUT2D eigenvalue weighted by Crippen LogP contribution is -2.31. The van der Waals surface area contributed by atoms with Crippen molar-refractivity contribution in [3.05, 3.63) is 0 Å². The summed E-state index contributed by atoms with van der Waals surface area (Å²) in [7, 11) is 0. The number of hydrogen-bond donors (Lipinski definition) is 1. The van der Waals surface area contributed by atoms with E-state index in [1.165, 1.54) is 51.5 Å². The van der Waals surface area contributed by atoms with Gasteiger partial charge in [0.25, 0.3) is 0 Å². The third kappa shape index (κ3) is 2.01. The van der Waals surface area contributed by atoms with Crippen molar-refractivity contribution in [3.8, 4) is 0 Å². The van der Waals surface area contributed by atoms with E-state index in [9.17, 15) is 0 Å². The van der Waals surface area contributed by atoms with Gasteiger partial charge in [-0.2, -0.15) is 0 Å². The first-order valence-electron chi connectivity index (χ1n) is 5.56. The summed E-state index contributed by atoms with van der Waals surface area (Å²) in [6, 6.07) is 0. The van der Waals surface area contributed by atoms with Gasteiger partial charge < -0.3 is 5.32 Å². The van der Waals surface area contributed by atoms with Crippen LogP contribution in [0, 0.1) is 5.92 Å². The minimum absolute atomic E-state index is 0.629. The molecule has 2 aliphatic rings. The van der Waals surface area contributed by atoms with Crippen LogP contribution in [0.15, 0.2) is 0 Å². The van der Waals surface area contributed by atoms with E-state index in [1.54, 1.807) is 0 Å². The molecule has 12 heavy (non-hydrogen) atoms. The second-order valence-electron chi connectivity index (χ2n) is 4.85. The van der Waals surface area contributed by atoms with Crippen molar-refractivity contribution in [1.82, 2.24) is 5.32 Å². The van der Waals surface area contributed by atoms with E-state index in [4.69, 9.17) is 0 Å². The Morgan fingerprint density at radius 3 is 2.58 bits per heavy atom. The Balaban J connectivity index is 1.84. The van der Waals surface area contributed by atoms with Gasteiger partial charge in [0, 0.05) is 5.54 Å². The highest BCUT2D eigenvalue weighted by Crippen LogP contribution is 2.41. The summed E-state index contributed by atoms with van der Waals surface area (Å²) in [5, 5.41) is 3.73. The van der Waals surface area contributed by atoms with Crippen LogP contribution in [0.4, 0.5) is 0 Å². The summed E-state index contributed by atoms with van der Waals surface area (Å²) in [6.45, 7) is 3.68. The number of nitrogens with one attached hydrogen (secondary N) is 1. The molecule has 2 fully saturated rings. The van der Waals surface area contributed by atoms with Gasteiger partial charge in [0.15, 0.2) is 0 Å². The average molecular weight is 167 g/mol. The van der Waals surface area contributed by atoms with Crippen LogP contribution in [-0.2, 0) is 0 Å². The van der Waals surface area contributed by atoms with Gasteiger partial charge in [0.1, 0.15) is 0 Å². The molecule has 1 aliphatic carbocycles. The molecule has 1 unspecified atom stereocenters. The van der Waals surface area contributed by atoms with Crippen molar-refractivity contribution in [2.75, 3.05) is 6.54 Å². The van der Waals surface area contributed by atoms with Crippen LogP contribution >= 0.6 is 0 Å². The lowest BCUT2D eigenvalue weighted by atomic mass is 9.98. The fraction of sp³-hybridized carbons (Fsp3) is 1.00. The normalized spacial score (nSPS) is 35.2. The lowest BCUT2D eigenvalue weighted by Gasteiger charge is -2.14. The Labute approximate surface area is 75.9 Å². The summed E-state index contributed by atoms with van der Waals surface area (Å²) < 4.78 is 0.